The Balaban J connectivity index is 1.55. The zero-order chi connectivity index (χ0) is 24.3. The van der Waals surface area contributed by atoms with Gasteiger partial charge in [-0.25, -0.2) is 9.78 Å². The van der Waals surface area contributed by atoms with Gasteiger partial charge in [0.05, 0.1) is 43.7 Å². The molecule has 0 atom stereocenters. The van der Waals surface area contributed by atoms with Crippen molar-refractivity contribution in [2.24, 2.45) is 0 Å². The van der Waals surface area contributed by atoms with Gasteiger partial charge in [0.15, 0.2) is 11.5 Å². The number of nitrogens with one attached hydrogen (secondary N) is 1. The number of amides is 1. The van der Waals surface area contributed by atoms with Gasteiger partial charge in [-0.05, 0) is 43.7 Å². The number of methoxy groups -OCH3 is 1. The quantitative estimate of drug-likeness (QED) is 0.366. The van der Waals surface area contributed by atoms with Crippen molar-refractivity contribution in [3.05, 3.63) is 64.1 Å². The van der Waals surface area contributed by atoms with Crippen molar-refractivity contribution in [3.63, 3.8) is 0 Å². The number of hydrogen-bond acceptors (Lipinski definition) is 8. The van der Waals surface area contributed by atoms with Gasteiger partial charge in [0.1, 0.15) is 17.4 Å². The van der Waals surface area contributed by atoms with E-state index in [4.69, 9.17) is 18.9 Å². The fraction of sp³-hybridized carbons (Fsp3) is 0.320. The molecule has 0 bridgehead atoms. The fourth-order valence-electron chi connectivity index (χ4n) is 3.03. The number of esters is 1. The van der Waals surface area contributed by atoms with Gasteiger partial charge in [-0.15, -0.1) is 11.3 Å². The van der Waals surface area contributed by atoms with Crippen LogP contribution >= 0.6 is 11.3 Å². The second-order valence-electron chi connectivity index (χ2n) is 7.18. The molecular weight excluding hydrogens is 456 g/mol. The maximum absolute atomic E-state index is 12.5. The molecule has 0 saturated heterocycles. The van der Waals surface area contributed by atoms with Crippen LogP contribution in [0.3, 0.4) is 0 Å². The van der Waals surface area contributed by atoms with E-state index in [0.717, 1.165) is 6.42 Å². The number of rotatable bonds is 12. The van der Waals surface area contributed by atoms with E-state index in [1.165, 1.54) is 11.3 Å². The highest BCUT2D eigenvalue weighted by Crippen LogP contribution is 2.29. The average Bonchev–Trinajstić information content (AvgIpc) is 3.29. The first kappa shape index (κ1) is 25.0. The minimum absolute atomic E-state index is 0.00150. The smallest absolute Gasteiger partial charge is 0.338 e. The average molecular weight is 485 g/mol. The van der Waals surface area contributed by atoms with Crippen LogP contribution in [0.4, 0.5) is 5.69 Å². The largest absolute Gasteiger partial charge is 0.495 e. The Morgan fingerprint density at radius 2 is 1.85 bits per heavy atom. The summed E-state index contributed by atoms with van der Waals surface area (Å²) in [6.45, 7) is 4.90. The van der Waals surface area contributed by atoms with Crippen molar-refractivity contribution in [3.8, 4) is 17.2 Å². The third kappa shape index (κ3) is 6.95. The van der Waals surface area contributed by atoms with Crippen LogP contribution in [0.15, 0.2) is 47.8 Å². The van der Waals surface area contributed by atoms with E-state index in [-0.39, 0.29) is 18.9 Å². The number of aromatic nitrogens is 1. The van der Waals surface area contributed by atoms with Crippen molar-refractivity contribution in [2.45, 2.75) is 33.3 Å². The first-order valence-electron chi connectivity index (χ1n) is 11.0. The van der Waals surface area contributed by atoms with E-state index in [0.29, 0.717) is 52.4 Å². The van der Waals surface area contributed by atoms with Crippen LogP contribution in [0.2, 0.25) is 0 Å². The SMILES string of the molecule is CCCOc1ccc(C(=O)OCc2csc(CC(=O)Nc3ccccc3OC)n2)cc1OCC. The molecule has 1 aromatic heterocycles. The molecule has 0 aliphatic heterocycles. The van der Waals surface area contributed by atoms with Crippen LogP contribution in [-0.2, 0) is 22.6 Å². The van der Waals surface area contributed by atoms with Gasteiger partial charge >= 0.3 is 5.97 Å². The molecule has 8 nitrogen and oxygen atoms in total. The minimum Gasteiger partial charge on any atom is -0.495 e. The van der Waals surface area contributed by atoms with Gasteiger partial charge in [-0.2, -0.15) is 0 Å². The van der Waals surface area contributed by atoms with Gasteiger partial charge in [-0.3, -0.25) is 4.79 Å². The Morgan fingerprint density at radius 1 is 1.03 bits per heavy atom. The van der Waals surface area contributed by atoms with E-state index in [1.54, 1.807) is 42.8 Å². The van der Waals surface area contributed by atoms with E-state index >= 15 is 0 Å². The molecule has 3 aromatic rings. The molecule has 1 heterocycles. The van der Waals surface area contributed by atoms with Gasteiger partial charge in [-0.1, -0.05) is 19.1 Å². The second-order valence-corrected chi connectivity index (χ2v) is 8.12. The number of carbonyl (C=O) groups is 2. The molecule has 3 rings (SSSR count). The normalized spacial score (nSPS) is 10.4. The molecule has 180 valence electrons. The predicted octanol–water partition coefficient (Wildman–Crippen LogP) is 4.88. The van der Waals surface area contributed by atoms with Crippen LogP contribution in [0, 0.1) is 0 Å². The fourth-order valence-corrected chi connectivity index (χ4v) is 3.81. The zero-order valence-electron chi connectivity index (χ0n) is 19.5. The summed E-state index contributed by atoms with van der Waals surface area (Å²) in [5.41, 5.74) is 1.53. The van der Waals surface area contributed by atoms with E-state index in [1.807, 2.05) is 26.0 Å². The molecule has 0 fully saturated rings. The van der Waals surface area contributed by atoms with Crippen molar-refractivity contribution >= 4 is 28.9 Å². The zero-order valence-corrected chi connectivity index (χ0v) is 20.3. The van der Waals surface area contributed by atoms with Crippen molar-refractivity contribution < 1.29 is 28.5 Å². The number of carbonyl (C=O) groups excluding carboxylic acids is 2. The lowest BCUT2D eigenvalue weighted by atomic mass is 10.2. The molecule has 0 radical (unpaired) electrons. The van der Waals surface area contributed by atoms with Crippen molar-refractivity contribution in [1.82, 2.24) is 4.98 Å². The van der Waals surface area contributed by atoms with Gasteiger partial charge in [0, 0.05) is 5.38 Å². The molecule has 0 aliphatic carbocycles. The second kappa shape index (κ2) is 12.6. The van der Waals surface area contributed by atoms with Crippen molar-refractivity contribution in [2.75, 3.05) is 25.6 Å². The molecule has 2 aromatic carbocycles. The minimum atomic E-state index is -0.494. The van der Waals surface area contributed by atoms with Crippen LogP contribution in [0.5, 0.6) is 17.2 Å². The Hall–Kier alpha value is -3.59. The first-order valence-corrected chi connectivity index (χ1v) is 11.8. The molecule has 0 aliphatic rings. The van der Waals surface area contributed by atoms with Crippen molar-refractivity contribution in [1.29, 1.82) is 0 Å². The number of para-hydroxylation sites is 2. The summed E-state index contributed by atoms with van der Waals surface area (Å²) >= 11 is 1.33. The predicted molar refractivity (Wildman–Crippen MR) is 130 cm³/mol. The third-order valence-corrected chi connectivity index (χ3v) is 5.48. The lowest BCUT2D eigenvalue weighted by Gasteiger charge is -2.12. The number of nitrogens with zero attached hydrogens (tertiary/aromatic N) is 1. The Labute approximate surface area is 202 Å². The third-order valence-electron chi connectivity index (χ3n) is 4.58. The van der Waals surface area contributed by atoms with Crippen LogP contribution in [-0.4, -0.2) is 37.2 Å². The highest BCUT2D eigenvalue weighted by atomic mass is 32.1. The number of anilines is 1. The topological polar surface area (TPSA) is 96.0 Å². The molecule has 0 spiro atoms. The van der Waals surface area contributed by atoms with E-state index < -0.39 is 5.97 Å². The van der Waals surface area contributed by atoms with Gasteiger partial charge < -0.3 is 24.3 Å². The van der Waals surface area contributed by atoms with Crippen LogP contribution in [0.1, 0.15) is 41.3 Å². The first-order chi connectivity index (χ1) is 16.5. The molecule has 9 heteroatoms. The standard InChI is InChI=1S/C25H28N2O6S/c1-4-12-32-21-11-10-17(13-22(21)31-5-2)25(29)33-15-18-16-34-24(26-18)14-23(28)27-19-8-6-7-9-20(19)30-3/h6-11,13,16H,4-5,12,14-15H2,1-3H3,(H,27,28). The molecule has 1 amide bonds. The molecule has 34 heavy (non-hydrogen) atoms. The van der Waals surface area contributed by atoms with Gasteiger partial charge in [0.2, 0.25) is 5.91 Å². The lowest BCUT2D eigenvalue weighted by molar-refractivity contribution is -0.115. The number of hydrogen-bond donors (Lipinski definition) is 1. The molecular formula is C25H28N2O6S. The lowest BCUT2D eigenvalue weighted by Crippen LogP contribution is -2.15. The monoisotopic (exact) mass is 484 g/mol. The summed E-state index contributed by atoms with van der Waals surface area (Å²) in [6.07, 6.45) is 0.973. The summed E-state index contributed by atoms with van der Waals surface area (Å²) < 4.78 is 21.9. The maximum atomic E-state index is 12.5. The Bertz CT molecular complexity index is 1110. The van der Waals surface area contributed by atoms with Crippen LogP contribution < -0.4 is 19.5 Å². The number of thiazole rings is 1. The Kier molecular flexibility index (Phi) is 9.28. The molecule has 0 saturated carbocycles. The maximum Gasteiger partial charge on any atom is 0.338 e. The number of ether oxygens (including phenoxy) is 4. The summed E-state index contributed by atoms with van der Waals surface area (Å²) in [5.74, 6) is 0.973. The highest BCUT2D eigenvalue weighted by Gasteiger charge is 2.15. The van der Waals surface area contributed by atoms with Crippen LogP contribution in [0.25, 0.3) is 0 Å². The van der Waals surface area contributed by atoms with E-state index in [9.17, 15) is 9.59 Å². The summed E-state index contributed by atoms with van der Waals surface area (Å²) in [4.78, 5) is 29.3. The summed E-state index contributed by atoms with van der Waals surface area (Å²) in [5, 5.41) is 5.21. The van der Waals surface area contributed by atoms with E-state index in [2.05, 4.69) is 10.3 Å². The summed E-state index contributed by atoms with van der Waals surface area (Å²) in [6, 6.07) is 12.2. The summed E-state index contributed by atoms with van der Waals surface area (Å²) in [7, 11) is 1.55. The number of benzene rings is 2. The van der Waals surface area contributed by atoms with Gasteiger partial charge in [0.25, 0.3) is 0 Å². The highest BCUT2D eigenvalue weighted by molar-refractivity contribution is 7.09. The Morgan fingerprint density at radius 3 is 2.62 bits per heavy atom. The molecule has 0 unspecified atom stereocenters. The molecule has 1 N–H and O–H groups in total.